The molecule has 1 aliphatic heterocycles. The molecule has 2 heterocycles. The van der Waals surface area contributed by atoms with Crippen LogP contribution in [-0.2, 0) is 11.3 Å². The van der Waals surface area contributed by atoms with E-state index in [1.165, 1.54) is 6.33 Å². The SMILES string of the molecule is C[C@H]1C[C@@H](C(=O)Nc2cccc(OCCn3cncn3)c2)CCN1. The first kappa shape index (κ1) is 16.4. The molecule has 7 heteroatoms. The summed E-state index contributed by atoms with van der Waals surface area (Å²) in [6, 6.07) is 7.88. The number of anilines is 1. The molecule has 7 nitrogen and oxygen atoms in total. The van der Waals surface area contributed by atoms with Gasteiger partial charge in [0.25, 0.3) is 0 Å². The number of hydrogen-bond acceptors (Lipinski definition) is 5. The molecule has 2 N–H and O–H groups in total. The number of aromatic nitrogens is 3. The Hall–Kier alpha value is -2.41. The number of carbonyl (C=O) groups is 1. The fourth-order valence-electron chi connectivity index (χ4n) is 2.88. The molecule has 3 rings (SSSR count). The number of nitrogens with zero attached hydrogens (tertiary/aromatic N) is 3. The Labute approximate surface area is 141 Å². The number of amides is 1. The third-order valence-corrected chi connectivity index (χ3v) is 4.15. The Balaban J connectivity index is 1.51. The molecular formula is C17H23N5O2. The van der Waals surface area contributed by atoms with Crippen molar-refractivity contribution in [3.8, 4) is 5.75 Å². The quantitative estimate of drug-likeness (QED) is 0.843. The Morgan fingerprint density at radius 2 is 2.42 bits per heavy atom. The lowest BCUT2D eigenvalue weighted by molar-refractivity contribution is -0.120. The van der Waals surface area contributed by atoms with Crippen LogP contribution < -0.4 is 15.4 Å². The maximum atomic E-state index is 12.4. The van der Waals surface area contributed by atoms with Crippen LogP contribution in [0, 0.1) is 5.92 Å². The van der Waals surface area contributed by atoms with Gasteiger partial charge in [0.2, 0.25) is 5.91 Å². The second-order valence-electron chi connectivity index (χ2n) is 6.10. The Kier molecular flexibility index (Phi) is 5.43. The lowest BCUT2D eigenvalue weighted by atomic mass is 9.92. The fourth-order valence-corrected chi connectivity index (χ4v) is 2.88. The molecule has 0 saturated carbocycles. The smallest absolute Gasteiger partial charge is 0.227 e. The van der Waals surface area contributed by atoms with Gasteiger partial charge in [-0.25, -0.2) is 9.67 Å². The van der Waals surface area contributed by atoms with Crippen molar-refractivity contribution in [2.45, 2.75) is 32.4 Å². The van der Waals surface area contributed by atoms with Crippen LogP contribution in [0.1, 0.15) is 19.8 Å². The molecule has 1 aromatic carbocycles. The van der Waals surface area contributed by atoms with Gasteiger partial charge in [0.1, 0.15) is 25.0 Å². The molecule has 1 fully saturated rings. The summed E-state index contributed by atoms with van der Waals surface area (Å²) in [6.45, 7) is 4.13. The van der Waals surface area contributed by atoms with Crippen LogP contribution in [0.15, 0.2) is 36.9 Å². The van der Waals surface area contributed by atoms with E-state index in [1.54, 1.807) is 11.0 Å². The van der Waals surface area contributed by atoms with Crippen molar-refractivity contribution in [2.75, 3.05) is 18.5 Å². The standard InChI is InChI=1S/C17H23N5O2/c1-13-9-14(5-6-19-13)17(23)21-15-3-2-4-16(10-15)24-8-7-22-12-18-11-20-22/h2-4,10-14,19H,5-9H2,1H3,(H,21,23)/t13-,14-/m0/s1. The molecule has 1 aromatic heterocycles. The molecule has 0 spiro atoms. The largest absolute Gasteiger partial charge is 0.492 e. The summed E-state index contributed by atoms with van der Waals surface area (Å²) < 4.78 is 7.43. The van der Waals surface area contributed by atoms with Crippen molar-refractivity contribution in [3.05, 3.63) is 36.9 Å². The summed E-state index contributed by atoms with van der Waals surface area (Å²) in [5.41, 5.74) is 0.768. The molecule has 2 atom stereocenters. The zero-order valence-electron chi connectivity index (χ0n) is 13.8. The number of nitrogens with one attached hydrogen (secondary N) is 2. The highest BCUT2D eigenvalue weighted by molar-refractivity contribution is 5.92. The molecule has 1 saturated heterocycles. The van der Waals surface area contributed by atoms with E-state index in [2.05, 4.69) is 27.6 Å². The van der Waals surface area contributed by atoms with Crippen LogP contribution >= 0.6 is 0 Å². The molecule has 0 aliphatic carbocycles. The van der Waals surface area contributed by atoms with Gasteiger partial charge >= 0.3 is 0 Å². The van der Waals surface area contributed by atoms with Crippen molar-refractivity contribution < 1.29 is 9.53 Å². The normalized spacial score (nSPS) is 20.5. The molecule has 1 amide bonds. The topological polar surface area (TPSA) is 81.1 Å². The van der Waals surface area contributed by atoms with Crippen molar-refractivity contribution in [1.29, 1.82) is 0 Å². The van der Waals surface area contributed by atoms with Crippen LogP contribution in [0.25, 0.3) is 0 Å². The van der Waals surface area contributed by atoms with Crippen LogP contribution in [-0.4, -0.2) is 39.9 Å². The average molecular weight is 329 g/mol. The molecule has 0 unspecified atom stereocenters. The Bertz CT molecular complexity index is 659. The summed E-state index contributed by atoms with van der Waals surface area (Å²) in [5.74, 6) is 0.882. The highest BCUT2D eigenvalue weighted by Gasteiger charge is 2.24. The van der Waals surface area contributed by atoms with Crippen molar-refractivity contribution in [3.63, 3.8) is 0 Å². The number of rotatable bonds is 6. The number of hydrogen-bond donors (Lipinski definition) is 2. The molecular weight excluding hydrogens is 306 g/mol. The summed E-state index contributed by atoms with van der Waals surface area (Å²) in [6.07, 6.45) is 4.90. The van der Waals surface area contributed by atoms with Crippen LogP contribution in [0.4, 0.5) is 5.69 Å². The lowest BCUT2D eigenvalue weighted by Gasteiger charge is -2.27. The van der Waals surface area contributed by atoms with Gasteiger partial charge in [0, 0.05) is 23.7 Å². The van der Waals surface area contributed by atoms with E-state index in [4.69, 9.17) is 4.74 Å². The average Bonchev–Trinajstić information content (AvgIpc) is 3.09. The van der Waals surface area contributed by atoms with E-state index in [9.17, 15) is 4.79 Å². The van der Waals surface area contributed by atoms with Gasteiger partial charge in [0.15, 0.2) is 0 Å². The predicted molar refractivity (Wildman–Crippen MR) is 90.8 cm³/mol. The number of benzene rings is 1. The first-order chi connectivity index (χ1) is 11.7. The van der Waals surface area contributed by atoms with Gasteiger partial charge < -0.3 is 15.4 Å². The molecule has 0 bridgehead atoms. The molecule has 0 radical (unpaired) electrons. The van der Waals surface area contributed by atoms with E-state index < -0.39 is 0 Å². The zero-order valence-corrected chi connectivity index (χ0v) is 13.8. The minimum absolute atomic E-state index is 0.0677. The molecule has 128 valence electrons. The van der Waals surface area contributed by atoms with Crippen molar-refractivity contribution in [2.24, 2.45) is 5.92 Å². The summed E-state index contributed by atoms with van der Waals surface area (Å²) >= 11 is 0. The maximum Gasteiger partial charge on any atom is 0.227 e. The van der Waals surface area contributed by atoms with Gasteiger partial charge in [-0.1, -0.05) is 6.07 Å². The van der Waals surface area contributed by atoms with Crippen LogP contribution in [0.3, 0.4) is 0 Å². The lowest BCUT2D eigenvalue weighted by Crippen LogP contribution is -2.40. The van der Waals surface area contributed by atoms with E-state index >= 15 is 0 Å². The Morgan fingerprint density at radius 1 is 1.50 bits per heavy atom. The number of ether oxygens (including phenoxy) is 1. The number of carbonyl (C=O) groups excluding carboxylic acids is 1. The molecule has 24 heavy (non-hydrogen) atoms. The summed E-state index contributed by atoms with van der Waals surface area (Å²) in [7, 11) is 0. The monoisotopic (exact) mass is 329 g/mol. The predicted octanol–water partition coefficient (Wildman–Crippen LogP) is 1.68. The fraction of sp³-hybridized carbons (Fsp3) is 0.471. The summed E-state index contributed by atoms with van der Waals surface area (Å²) in [5, 5.41) is 10.4. The van der Waals surface area contributed by atoms with Crippen molar-refractivity contribution in [1.82, 2.24) is 20.1 Å². The maximum absolute atomic E-state index is 12.4. The highest BCUT2D eigenvalue weighted by atomic mass is 16.5. The minimum atomic E-state index is 0.0677. The van der Waals surface area contributed by atoms with Gasteiger partial charge in [-0.2, -0.15) is 5.10 Å². The van der Waals surface area contributed by atoms with Crippen LogP contribution in [0.5, 0.6) is 5.75 Å². The minimum Gasteiger partial charge on any atom is -0.492 e. The summed E-state index contributed by atoms with van der Waals surface area (Å²) in [4.78, 5) is 16.3. The van der Waals surface area contributed by atoms with Gasteiger partial charge in [-0.05, 0) is 38.4 Å². The second-order valence-corrected chi connectivity index (χ2v) is 6.10. The first-order valence-electron chi connectivity index (χ1n) is 8.30. The van der Waals surface area contributed by atoms with E-state index in [1.807, 2.05) is 24.3 Å². The zero-order chi connectivity index (χ0) is 16.8. The first-order valence-corrected chi connectivity index (χ1v) is 8.30. The number of piperidine rings is 1. The van der Waals surface area contributed by atoms with Gasteiger partial charge in [-0.15, -0.1) is 0 Å². The van der Waals surface area contributed by atoms with Crippen molar-refractivity contribution >= 4 is 11.6 Å². The van der Waals surface area contributed by atoms with E-state index in [0.29, 0.717) is 19.2 Å². The second kappa shape index (κ2) is 7.92. The molecule has 2 aromatic rings. The third kappa shape index (κ3) is 4.55. The Morgan fingerprint density at radius 3 is 3.21 bits per heavy atom. The highest BCUT2D eigenvalue weighted by Crippen LogP contribution is 2.21. The van der Waals surface area contributed by atoms with Gasteiger partial charge in [0.05, 0.1) is 6.54 Å². The van der Waals surface area contributed by atoms with Crippen LogP contribution in [0.2, 0.25) is 0 Å². The van der Waals surface area contributed by atoms with E-state index in [0.717, 1.165) is 30.8 Å². The molecule has 1 aliphatic rings. The van der Waals surface area contributed by atoms with Gasteiger partial charge in [-0.3, -0.25) is 4.79 Å². The third-order valence-electron chi connectivity index (χ3n) is 4.15. The van der Waals surface area contributed by atoms with E-state index in [-0.39, 0.29) is 11.8 Å².